The third-order valence-electron chi connectivity index (χ3n) is 3.43. The first-order valence-electron chi connectivity index (χ1n) is 6.51. The van der Waals surface area contributed by atoms with Crippen molar-refractivity contribution < 1.29 is 14.6 Å². The van der Waals surface area contributed by atoms with E-state index in [0.29, 0.717) is 32.7 Å². The molecule has 0 unspecified atom stereocenters. The molecule has 1 aromatic carbocycles. The summed E-state index contributed by atoms with van der Waals surface area (Å²) in [5.74, 6) is -0.295. The first kappa shape index (κ1) is 14.0. The average Bonchev–Trinajstić information content (AvgIpc) is 2.42. The minimum absolute atomic E-state index is 0.0160. The van der Waals surface area contributed by atoms with E-state index < -0.39 is 0 Å². The molecule has 0 saturated heterocycles. The van der Waals surface area contributed by atoms with Gasteiger partial charge in [0.1, 0.15) is 0 Å². The summed E-state index contributed by atoms with van der Waals surface area (Å²) in [4.78, 5) is 13.6. The Morgan fingerprint density at radius 2 is 2.11 bits per heavy atom. The maximum atomic E-state index is 11.6. The minimum atomic E-state index is -0.295. The van der Waals surface area contributed by atoms with Crippen molar-refractivity contribution in [3.63, 3.8) is 0 Å². The number of ether oxygens (including phenoxy) is 1. The van der Waals surface area contributed by atoms with Crippen molar-refractivity contribution >= 4 is 5.91 Å². The molecule has 0 aromatic heterocycles. The van der Waals surface area contributed by atoms with Crippen molar-refractivity contribution in [1.82, 2.24) is 4.90 Å². The summed E-state index contributed by atoms with van der Waals surface area (Å²) in [6.45, 7) is 2.19. The summed E-state index contributed by atoms with van der Waals surface area (Å²) >= 11 is 0. The van der Waals surface area contributed by atoms with Crippen LogP contribution in [-0.2, 0) is 22.5 Å². The van der Waals surface area contributed by atoms with Crippen LogP contribution in [0.4, 0.5) is 0 Å². The SMILES string of the molecule is NC(=O)[C@@H]1Cc2ccccc2CN1CCOCCO. The number of carbonyl (C=O) groups excluding carboxylic acids is 1. The van der Waals surface area contributed by atoms with E-state index in [1.54, 1.807) is 0 Å². The number of amides is 1. The van der Waals surface area contributed by atoms with Gasteiger partial charge >= 0.3 is 0 Å². The highest BCUT2D eigenvalue weighted by Gasteiger charge is 2.29. The maximum Gasteiger partial charge on any atom is 0.235 e. The Hall–Kier alpha value is -1.43. The van der Waals surface area contributed by atoms with Gasteiger partial charge in [0.05, 0.1) is 25.9 Å². The van der Waals surface area contributed by atoms with Crippen molar-refractivity contribution in [3.8, 4) is 0 Å². The molecule has 0 radical (unpaired) electrons. The van der Waals surface area contributed by atoms with Gasteiger partial charge in [-0.1, -0.05) is 24.3 Å². The monoisotopic (exact) mass is 264 g/mol. The van der Waals surface area contributed by atoms with Gasteiger partial charge in [-0.25, -0.2) is 0 Å². The second-order valence-corrected chi connectivity index (χ2v) is 4.70. The van der Waals surface area contributed by atoms with Crippen molar-refractivity contribution in [1.29, 1.82) is 0 Å². The molecule has 5 heteroatoms. The van der Waals surface area contributed by atoms with Gasteiger partial charge in [-0.3, -0.25) is 9.69 Å². The highest BCUT2D eigenvalue weighted by Crippen LogP contribution is 2.22. The predicted octanol–water partition coefficient (Wildman–Crippen LogP) is -0.0925. The van der Waals surface area contributed by atoms with E-state index in [2.05, 4.69) is 6.07 Å². The number of nitrogens with zero attached hydrogens (tertiary/aromatic N) is 1. The molecule has 0 saturated carbocycles. The van der Waals surface area contributed by atoms with Gasteiger partial charge in [0, 0.05) is 13.1 Å². The van der Waals surface area contributed by atoms with E-state index in [9.17, 15) is 4.79 Å². The average molecular weight is 264 g/mol. The molecule has 19 heavy (non-hydrogen) atoms. The van der Waals surface area contributed by atoms with Gasteiger partial charge in [0.2, 0.25) is 5.91 Å². The Kier molecular flexibility index (Phi) is 4.90. The van der Waals surface area contributed by atoms with Crippen LogP contribution in [0.2, 0.25) is 0 Å². The Balaban J connectivity index is 2.02. The van der Waals surface area contributed by atoms with E-state index in [1.165, 1.54) is 11.1 Å². The fourth-order valence-corrected chi connectivity index (χ4v) is 2.44. The molecular weight excluding hydrogens is 244 g/mol. The molecule has 1 atom stereocenters. The fraction of sp³-hybridized carbons (Fsp3) is 0.500. The lowest BCUT2D eigenvalue weighted by Gasteiger charge is -2.34. The van der Waals surface area contributed by atoms with E-state index in [-0.39, 0.29) is 18.6 Å². The molecule has 2 rings (SSSR count). The third kappa shape index (κ3) is 3.53. The number of aliphatic hydroxyl groups is 1. The van der Waals surface area contributed by atoms with Gasteiger partial charge in [0.25, 0.3) is 0 Å². The largest absolute Gasteiger partial charge is 0.394 e. The Morgan fingerprint density at radius 3 is 2.79 bits per heavy atom. The molecule has 0 bridgehead atoms. The van der Waals surface area contributed by atoms with Gasteiger partial charge in [0.15, 0.2) is 0 Å². The summed E-state index contributed by atoms with van der Waals surface area (Å²) in [5.41, 5.74) is 7.92. The van der Waals surface area contributed by atoms with Gasteiger partial charge in [-0.15, -0.1) is 0 Å². The van der Waals surface area contributed by atoms with Crippen molar-refractivity contribution in [3.05, 3.63) is 35.4 Å². The van der Waals surface area contributed by atoms with Gasteiger partial charge < -0.3 is 15.6 Å². The second kappa shape index (κ2) is 6.65. The number of hydrogen-bond donors (Lipinski definition) is 2. The van der Waals surface area contributed by atoms with E-state index >= 15 is 0 Å². The Labute approximate surface area is 113 Å². The normalized spacial score (nSPS) is 19.1. The third-order valence-corrected chi connectivity index (χ3v) is 3.43. The lowest BCUT2D eigenvalue weighted by Crippen LogP contribution is -2.49. The molecule has 1 heterocycles. The summed E-state index contributed by atoms with van der Waals surface area (Å²) in [7, 11) is 0. The zero-order chi connectivity index (χ0) is 13.7. The van der Waals surface area contributed by atoms with Crippen LogP contribution in [0.25, 0.3) is 0 Å². The number of primary amides is 1. The molecule has 0 aliphatic carbocycles. The van der Waals surface area contributed by atoms with Crippen LogP contribution in [0.5, 0.6) is 0 Å². The van der Waals surface area contributed by atoms with Crippen molar-refractivity contribution in [2.24, 2.45) is 5.73 Å². The molecule has 5 nitrogen and oxygen atoms in total. The predicted molar refractivity (Wildman–Crippen MR) is 71.4 cm³/mol. The maximum absolute atomic E-state index is 11.6. The topological polar surface area (TPSA) is 75.8 Å². The minimum Gasteiger partial charge on any atom is -0.394 e. The Morgan fingerprint density at radius 1 is 1.37 bits per heavy atom. The highest BCUT2D eigenvalue weighted by molar-refractivity contribution is 5.80. The first-order valence-corrected chi connectivity index (χ1v) is 6.51. The van der Waals surface area contributed by atoms with Gasteiger partial charge in [-0.2, -0.15) is 0 Å². The summed E-state index contributed by atoms with van der Waals surface area (Å²) in [6.07, 6.45) is 0.658. The molecule has 1 aliphatic rings. The number of carbonyl (C=O) groups is 1. The van der Waals surface area contributed by atoms with Crippen molar-refractivity contribution in [2.75, 3.05) is 26.4 Å². The molecule has 104 valence electrons. The number of aliphatic hydroxyl groups excluding tert-OH is 1. The number of hydrogen-bond acceptors (Lipinski definition) is 4. The van der Waals surface area contributed by atoms with Crippen LogP contribution in [0.1, 0.15) is 11.1 Å². The first-order chi connectivity index (χ1) is 9.22. The molecule has 1 aromatic rings. The van der Waals surface area contributed by atoms with Crippen LogP contribution in [-0.4, -0.2) is 48.3 Å². The Bertz CT molecular complexity index is 436. The summed E-state index contributed by atoms with van der Waals surface area (Å²) in [5, 5.41) is 8.66. The lowest BCUT2D eigenvalue weighted by atomic mass is 9.93. The van der Waals surface area contributed by atoms with E-state index in [0.717, 1.165) is 0 Å². The second-order valence-electron chi connectivity index (χ2n) is 4.70. The number of rotatable bonds is 6. The quantitative estimate of drug-likeness (QED) is 0.704. The zero-order valence-electron chi connectivity index (χ0n) is 10.9. The summed E-state index contributed by atoms with van der Waals surface area (Å²) in [6, 6.07) is 7.84. The van der Waals surface area contributed by atoms with Gasteiger partial charge in [-0.05, 0) is 17.5 Å². The van der Waals surface area contributed by atoms with Crippen LogP contribution in [0, 0.1) is 0 Å². The number of fused-ring (bicyclic) bond motifs is 1. The van der Waals surface area contributed by atoms with Crippen LogP contribution in [0.15, 0.2) is 24.3 Å². The molecule has 1 amide bonds. The van der Waals surface area contributed by atoms with E-state index in [1.807, 2.05) is 23.1 Å². The van der Waals surface area contributed by atoms with Crippen LogP contribution in [0.3, 0.4) is 0 Å². The van der Waals surface area contributed by atoms with E-state index in [4.69, 9.17) is 15.6 Å². The number of benzene rings is 1. The zero-order valence-corrected chi connectivity index (χ0v) is 10.9. The molecule has 3 N–H and O–H groups in total. The molecule has 1 aliphatic heterocycles. The lowest BCUT2D eigenvalue weighted by molar-refractivity contribution is -0.124. The smallest absolute Gasteiger partial charge is 0.235 e. The standard InChI is InChI=1S/C14H20N2O3/c15-14(18)13-9-11-3-1-2-4-12(11)10-16(13)5-7-19-8-6-17/h1-4,13,17H,5-10H2,(H2,15,18)/t13-/m0/s1. The number of nitrogens with two attached hydrogens (primary N) is 1. The van der Waals surface area contributed by atoms with Crippen molar-refractivity contribution in [2.45, 2.75) is 19.0 Å². The molecule has 0 spiro atoms. The van der Waals surface area contributed by atoms with Crippen LogP contribution >= 0.6 is 0 Å². The highest BCUT2D eigenvalue weighted by atomic mass is 16.5. The molecule has 0 fully saturated rings. The molecular formula is C14H20N2O3. The van der Waals surface area contributed by atoms with Crippen LogP contribution < -0.4 is 5.73 Å². The fourth-order valence-electron chi connectivity index (χ4n) is 2.44. The summed E-state index contributed by atoms with van der Waals surface area (Å²) < 4.78 is 5.26.